The number of ether oxygens (including phenoxy) is 2. The molecule has 5 heterocycles. The van der Waals surface area contributed by atoms with E-state index in [0.29, 0.717) is 39.1 Å². The van der Waals surface area contributed by atoms with Crippen LogP contribution in [0.1, 0.15) is 88.1 Å². The van der Waals surface area contributed by atoms with Gasteiger partial charge >= 0.3 is 11.9 Å². The van der Waals surface area contributed by atoms with Crippen LogP contribution in [0.5, 0.6) is 5.75 Å². The van der Waals surface area contributed by atoms with Crippen LogP contribution in [-0.4, -0.2) is 157 Å². The summed E-state index contributed by atoms with van der Waals surface area (Å²) in [6.07, 6.45) is 10.2. The van der Waals surface area contributed by atoms with Gasteiger partial charge in [0, 0.05) is 83.0 Å². The summed E-state index contributed by atoms with van der Waals surface area (Å²) in [6.45, 7) is 1.97. The van der Waals surface area contributed by atoms with Gasteiger partial charge in [-0.3, -0.25) is 38.6 Å². The molecule has 3 aliphatic carbocycles. The van der Waals surface area contributed by atoms with E-state index in [0.717, 1.165) is 61.3 Å². The molecule has 3 aromatic heterocycles. The number of ketones is 2. The monoisotopic (exact) mass is 1230 g/mol. The fraction of sp³-hybridized carbons (Fsp3) is 0.464. The SMILES string of the molecule is CCO/N=C(\C(=O)N[C@@H]1C(=O)N2C(C(=O)OCCCCCCCCCCC(=O)Oc3ccc(N(C)C)c4c3C(O)=C3C(=O)[C@@]5(O)C(O)=C(C(N)=O)C(=O)[C@H](N(C)C)[C@H]5C[C@H]3C4)=C(Sc3nc(-c4cc[n+](C)cc4)cs3)CS[C@H]12)c1nsc(N)n1. The predicted octanol–water partition coefficient (Wildman–Crippen LogP) is 4.51. The van der Waals surface area contributed by atoms with E-state index in [-0.39, 0.29) is 71.7 Å². The number of hydrogen-bond acceptors (Lipinski definition) is 24. The summed E-state index contributed by atoms with van der Waals surface area (Å²) in [5.74, 6) is -8.91. The fourth-order valence-electron chi connectivity index (χ4n) is 11.3. The summed E-state index contributed by atoms with van der Waals surface area (Å²) in [5, 5.41) is 43.3. The molecule has 28 heteroatoms. The maximum absolute atomic E-state index is 14.4. The Bertz CT molecular complexity index is 3410. The normalized spacial score (nSPS) is 22.0. The zero-order chi connectivity index (χ0) is 60.3. The number of nitrogen functional groups attached to an aromatic ring is 1. The molecule has 0 unspecified atom stereocenters. The standard InChI is InChI=1S/C56H65N11O13S4/c1-7-79-62-40(49-61-54(58)84-63-49)50(74)60-41-51(75)67-43(35(27-81-52(41)67)83-55-59-32(26-82-55)28-19-21-66(6)22-20-28)53(76)78-23-15-13-11-9-8-10-12-14-16-36(68)80-34-18-17-33(64(2)3)30-24-29-25-31-42(65(4)5)45(70)39(48(57)73)47(72)56(31,77)46(71)37(29)44(69)38(30)34/h17-22,26,29,31,41-42,52,77H,7-16,23-25,27H2,1-6H3,(H6-,57,58,60,61,63,69,70,71,72,73,74)/p+1/b62-40-/t29-,31-,41-,42-,52-,56-/m1/s1. The number of anilines is 2. The number of esters is 2. The van der Waals surface area contributed by atoms with Gasteiger partial charge in [0.1, 0.15) is 53.6 Å². The maximum atomic E-state index is 14.4. The van der Waals surface area contributed by atoms with Crippen LogP contribution < -0.4 is 31.0 Å². The van der Waals surface area contributed by atoms with Gasteiger partial charge in [-0.15, -0.1) is 23.1 Å². The Morgan fingerprint density at radius 3 is 2.35 bits per heavy atom. The number of thiazole rings is 1. The molecule has 6 atom stereocenters. The number of carbonyl (C=O) groups excluding carboxylic acids is 7. The van der Waals surface area contributed by atoms with Crippen molar-refractivity contribution in [3.63, 3.8) is 0 Å². The lowest BCUT2D eigenvalue weighted by molar-refractivity contribution is -0.671. The highest BCUT2D eigenvalue weighted by Crippen LogP contribution is 2.54. The molecule has 9 rings (SSSR count). The maximum Gasteiger partial charge on any atom is 0.355 e. The van der Waals surface area contributed by atoms with Gasteiger partial charge in [-0.25, -0.2) is 14.3 Å². The lowest BCUT2D eigenvalue weighted by atomic mass is 9.57. The van der Waals surface area contributed by atoms with E-state index < -0.39 is 93.2 Å². The van der Waals surface area contributed by atoms with Crippen molar-refractivity contribution in [3.8, 4) is 17.0 Å². The van der Waals surface area contributed by atoms with E-state index >= 15 is 0 Å². The van der Waals surface area contributed by atoms with Gasteiger partial charge in [0.05, 0.1) is 23.9 Å². The zero-order valence-corrected chi connectivity index (χ0v) is 50.4. The van der Waals surface area contributed by atoms with E-state index in [4.69, 9.17) is 30.8 Å². The van der Waals surface area contributed by atoms with E-state index in [1.165, 1.54) is 50.7 Å². The summed E-state index contributed by atoms with van der Waals surface area (Å²) >= 11 is 4.99. The molecule has 0 spiro atoms. The second-order valence-corrected chi connectivity index (χ2v) is 25.4. The molecule has 0 bridgehead atoms. The van der Waals surface area contributed by atoms with Gasteiger partial charge < -0.3 is 51.3 Å². The number of nitrogens with zero attached hydrogens (tertiary/aromatic N) is 8. The van der Waals surface area contributed by atoms with E-state index in [9.17, 15) is 48.9 Å². The third-order valence-electron chi connectivity index (χ3n) is 15.3. The number of β-lactam (4-membered cyclic amide) rings is 1. The summed E-state index contributed by atoms with van der Waals surface area (Å²) < 4.78 is 18.4. The number of unbranched alkanes of at least 4 members (excludes halogenated alkanes) is 7. The van der Waals surface area contributed by atoms with Crippen molar-refractivity contribution in [3.05, 3.63) is 86.5 Å². The van der Waals surface area contributed by atoms with Crippen LogP contribution in [0.25, 0.3) is 17.0 Å². The van der Waals surface area contributed by atoms with Crippen molar-refractivity contribution >= 4 is 110 Å². The Morgan fingerprint density at radius 1 is 0.988 bits per heavy atom. The van der Waals surface area contributed by atoms with Crippen LogP contribution in [0.2, 0.25) is 0 Å². The fourth-order valence-corrected chi connectivity index (χ4v) is 15.2. The highest BCUT2D eigenvalue weighted by atomic mass is 32.2. The molecule has 1 saturated heterocycles. The van der Waals surface area contributed by atoms with Crippen LogP contribution >= 0.6 is 46.4 Å². The number of hydrogen-bond donors (Lipinski definition) is 6. The molecule has 1 saturated carbocycles. The first-order valence-electron chi connectivity index (χ1n) is 27.4. The number of aliphatic hydroxyl groups excluding tert-OH is 2. The number of rotatable bonds is 24. The molecule has 8 N–H and O–H groups in total. The topological polar surface area (TPSA) is 337 Å². The molecule has 0 radical (unpaired) electrons. The first kappa shape index (κ1) is 61.3. The highest BCUT2D eigenvalue weighted by molar-refractivity contribution is 8.07. The Kier molecular flexibility index (Phi) is 18.9. The number of aliphatic hydroxyl groups is 3. The number of Topliss-reactive ketones (excluding diaryl/α,β-unsaturated/α-hetero) is 2. The van der Waals surface area contributed by atoms with Crippen LogP contribution in [0.15, 0.2) is 79.0 Å². The van der Waals surface area contributed by atoms with Crippen molar-refractivity contribution in [1.82, 2.24) is 29.5 Å². The van der Waals surface area contributed by atoms with Gasteiger partial charge in [0.25, 0.3) is 17.7 Å². The molecule has 2 fully saturated rings. The number of aromatic nitrogens is 4. The minimum absolute atomic E-state index is 0.0138. The highest BCUT2D eigenvalue weighted by Gasteiger charge is 2.64. The molecular weight excluding hydrogens is 1160 g/mol. The Labute approximate surface area is 500 Å². The average Bonchev–Trinajstić information content (AvgIpc) is 1.28. The second kappa shape index (κ2) is 25.9. The second-order valence-electron chi connectivity index (χ2n) is 21.3. The van der Waals surface area contributed by atoms with E-state index in [1.54, 1.807) is 41.2 Å². The summed E-state index contributed by atoms with van der Waals surface area (Å²) in [7, 11) is 8.65. The van der Waals surface area contributed by atoms with Gasteiger partial charge in [-0.1, -0.05) is 55.4 Å². The van der Waals surface area contributed by atoms with Gasteiger partial charge in [-0.2, -0.15) is 9.36 Å². The van der Waals surface area contributed by atoms with Gasteiger partial charge in [0.15, 0.2) is 33.2 Å². The number of aryl methyl sites for hydroxylation is 1. The Hall–Kier alpha value is -7.24. The number of likely N-dealkylation sites (N-methyl/N-ethyl adjacent to an activating group) is 1. The lowest BCUT2D eigenvalue weighted by Crippen LogP contribution is -2.71. The molecule has 2 aliphatic heterocycles. The summed E-state index contributed by atoms with van der Waals surface area (Å²) in [6, 6.07) is 5.02. The number of fused-ring (bicyclic) bond motifs is 4. The van der Waals surface area contributed by atoms with Crippen LogP contribution in [-0.2, 0) is 56.6 Å². The number of nitrogens with two attached hydrogens (primary N) is 2. The van der Waals surface area contributed by atoms with Crippen molar-refractivity contribution in [2.45, 2.75) is 105 Å². The minimum atomic E-state index is -2.74. The molecular formula is C56H66N11O13S4+. The van der Waals surface area contributed by atoms with Crippen LogP contribution in [0.4, 0.5) is 10.8 Å². The largest absolute Gasteiger partial charge is 0.508 e. The van der Waals surface area contributed by atoms with Crippen molar-refractivity contribution in [2.75, 3.05) is 57.8 Å². The smallest absolute Gasteiger partial charge is 0.355 e. The minimum Gasteiger partial charge on any atom is -0.508 e. The molecule has 4 aromatic rings. The number of nitrogens with one attached hydrogen (secondary N) is 1. The van der Waals surface area contributed by atoms with E-state index in [1.807, 2.05) is 46.4 Å². The lowest BCUT2D eigenvalue weighted by Gasteiger charge is -2.50. The third kappa shape index (κ3) is 12.2. The number of pyridine rings is 1. The number of oxime groups is 1. The number of amides is 3. The number of primary amides is 1. The summed E-state index contributed by atoms with van der Waals surface area (Å²) in [5.41, 5.74) is 10.4. The average molecular weight is 1230 g/mol. The molecule has 446 valence electrons. The molecule has 24 nitrogen and oxygen atoms in total. The first-order chi connectivity index (χ1) is 40.1. The molecule has 1 aromatic carbocycles. The molecule has 84 heavy (non-hydrogen) atoms. The summed E-state index contributed by atoms with van der Waals surface area (Å²) in [4.78, 5) is 115. The van der Waals surface area contributed by atoms with E-state index in [2.05, 4.69) is 19.8 Å². The Morgan fingerprint density at radius 2 is 1.69 bits per heavy atom. The first-order valence-corrected chi connectivity index (χ1v) is 30.9. The zero-order valence-electron chi connectivity index (χ0n) is 47.1. The number of thioether (sulfide) groups is 2. The number of carbonyl (C=O) groups is 7. The number of benzene rings is 1. The van der Waals surface area contributed by atoms with Crippen molar-refractivity contribution < 1.29 is 67.8 Å². The Balaban J connectivity index is 0.766. The molecule has 3 amide bonds. The van der Waals surface area contributed by atoms with Gasteiger partial charge in [0.2, 0.25) is 17.3 Å². The predicted molar refractivity (Wildman–Crippen MR) is 314 cm³/mol. The third-order valence-corrected chi connectivity index (χ3v) is 19.3. The van der Waals surface area contributed by atoms with Gasteiger partial charge in [-0.05, 0) is 70.3 Å². The van der Waals surface area contributed by atoms with Crippen molar-refractivity contribution in [1.29, 1.82) is 0 Å². The van der Waals surface area contributed by atoms with Crippen molar-refractivity contribution in [2.24, 2.45) is 29.8 Å². The molecule has 5 aliphatic rings. The van der Waals surface area contributed by atoms with Crippen LogP contribution in [0, 0.1) is 11.8 Å². The quantitative estimate of drug-likeness (QED) is 0.00821. The van der Waals surface area contributed by atoms with Crippen LogP contribution in [0.3, 0.4) is 0 Å².